The number of hydrogen-bond acceptors (Lipinski definition) is 3. The van der Waals surface area contributed by atoms with Crippen LogP contribution in [0.1, 0.15) is 25.3 Å². The molecule has 1 aliphatic rings. The molecular formula is C15H20FNO3. The van der Waals surface area contributed by atoms with Crippen molar-refractivity contribution in [1.82, 2.24) is 4.90 Å². The molecule has 1 aromatic carbocycles. The van der Waals surface area contributed by atoms with E-state index >= 15 is 4.39 Å². The summed E-state index contributed by atoms with van der Waals surface area (Å²) in [5, 5.41) is 18.2. The molecule has 1 aromatic rings. The molecule has 1 fully saturated rings. The van der Waals surface area contributed by atoms with Crippen molar-refractivity contribution in [3.63, 3.8) is 0 Å². The summed E-state index contributed by atoms with van der Waals surface area (Å²) in [6, 6.07) is 6.35. The van der Waals surface area contributed by atoms with Gasteiger partial charge in [0.1, 0.15) is 11.4 Å². The SMILES string of the molecule is CC1CN(CCC(=O)O)CCC1(F)c1cccc(O)c1. The molecule has 2 N–H and O–H groups in total. The van der Waals surface area contributed by atoms with Crippen molar-refractivity contribution in [2.45, 2.75) is 25.4 Å². The minimum Gasteiger partial charge on any atom is -0.508 e. The zero-order chi connectivity index (χ0) is 14.8. The third-order valence-corrected chi connectivity index (χ3v) is 4.07. The minimum atomic E-state index is -1.46. The summed E-state index contributed by atoms with van der Waals surface area (Å²) in [7, 11) is 0. The number of piperidine rings is 1. The van der Waals surface area contributed by atoms with E-state index in [9.17, 15) is 9.90 Å². The van der Waals surface area contributed by atoms with Gasteiger partial charge in [-0.3, -0.25) is 4.79 Å². The largest absolute Gasteiger partial charge is 0.508 e. The van der Waals surface area contributed by atoms with E-state index in [4.69, 9.17) is 5.11 Å². The summed E-state index contributed by atoms with van der Waals surface area (Å²) >= 11 is 0. The summed E-state index contributed by atoms with van der Waals surface area (Å²) in [5.41, 5.74) is -0.957. The molecule has 110 valence electrons. The lowest BCUT2D eigenvalue weighted by Crippen LogP contribution is -2.47. The summed E-state index contributed by atoms with van der Waals surface area (Å²) in [6.07, 6.45) is 0.398. The Hall–Kier alpha value is -1.62. The quantitative estimate of drug-likeness (QED) is 0.889. The summed E-state index contributed by atoms with van der Waals surface area (Å²) in [5.74, 6) is -1.01. The first kappa shape index (κ1) is 14.8. The lowest BCUT2D eigenvalue weighted by molar-refractivity contribution is -0.137. The zero-order valence-corrected chi connectivity index (χ0v) is 11.6. The lowest BCUT2D eigenvalue weighted by atomic mass is 9.78. The van der Waals surface area contributed by atoms with E-state index in [0.29, 0.717) is 31.6 Å². The molecule has 4 nitrogen and oxygen atoms in total. The van der Waals surface area contributed by atoms with Crippen LogP contribution >= 0.6 is 0 Å². The van der Waals surface area contributed by atoms with Crippen molar-refractivity contribution >= 4 is 5.97 Å². The number of carbonyl (C=O) groups is 1. The van der Waals surface area contributed by atoms with Crippen molar-refractivity contribution < 1.29 is 19.4 Å². The van der Waals surface area contributed by atoms with Gasteiger partial charge >= 0.3 is 5.97 Å². The van der Waals surface area contributed by atoms with E-state index < -0.39 is 11.6 Å². The maximum absolute atomic E-state index is 15.2. The summed E-state index contributed by atoms with van der Waals surface area (Å²) in [4.78, 5) is 12.6. The van der Waals surface area contributed by atoms with Crippen molar-refractivity contribution in [1.29, 1.82) is 0 Å². The molecule has 0 bridgehead atoms. The second-order valence-electron chi connectivity index (χ2n) is 5.51. The summed E-state index contributed by atoms with van der Waals surface area (Å²) in [6.45, 7) is 3.34. The van der Waals surface area contributed by atoms with Crippen LogP contribution in [0.3, 0.4) is 0 Å². The Morgan fingerprint density at radius 2 is 2.30 bits per heavy atom. The Morgan fingerprint density at radius 3 is 2.90 bits per heavy atom. The Morgan fingerprint density at radius 1 is 1.55 bits per heavy atom. The zero-order valence-electron chi connectivity index (χ0n) is 11.6. The molecule has 0 aliphatic carbocycles. The first-order valence-electron chi connectivity index (χ1n) is 6.84. The Bertz CT molecular complexity index is 494. The number of carboxylic acid groups (broad SMARTS) is 1. The number of hydrogen-bond donors (Lipinski definition) is 2. The minimum absolute atomic E-state index is 0.0695. The van der Waals surface area contributed by atoms with Crippen LogP contribution in [-0.2, 0) is 10.5 Å². The molecule has 5 heteroatoms. The fraction of sp³-hybridized carbons (Fsp3) is 0.533. The molecule has 2 unspecified atom stereocenters. The van der Waals surface area contributed by atoms with Gasteiger partial charge in [-0.05, 0) is 24.1 Å². The Labute approximate surface area is 117 Å². The summed E-state index contributed by atoms with van der Waals surface area (Å²) < 4.78 is 15.2. The van der Waals surface area contributed by atoms with Crippen molar-refractivity contribution in [2.24, 2.45) is 5.92 Å². The van der Waals surface area contributed by atoms with Crippen molar-refractivity contribution in [2.75, 3.05) is 19.6 Å². The molecule has 2 rings (SSSR count). The van der Waals surface area contributed by atoms with Crippen LogP contribution in [0.15, 0.2) is 24.3 Å². The number of rotatable bonds is 4. The van der Waals surface area contributed by atoms with E-state index in [0.717, 1.165) is 0 Å². The van der Waals surface area contributed by atoms with Gasteiger partial charge in [-0.1, -0.05) is 19.1 Å². The molecule has 1 aliphatic heterocycles. The van der Waals surface area contributed by atoms with Gasteiger partial charge in [0.05, 0.1) is 6.42 Å². The van der Waals surface area contributed by atoms with E-state index in [2.05, 4.69) is 0 Å². The highest BCUT2D eigenvalue weighted by molar-refractivity contribution is 5.66. The van der Waals surface area contributed by atoms with E-state index in [1.165, 1.54) is 12.1 Å². The molecule has 1 heterocycles. The van der Waals surface area contributed by atoms with Crippen LogP contribution in [-0.4, -0.2) is 40.7 Å². The number of carboxylic acids is 1. The first-order chi connectivity index (χ1) is 9.41. The molecule has 20 heavy (non-hydrogen) atoms. The molecule has 1 saturated heterocycles. The van der Waals surface area contributed by atoms with E-state index in [1.54, 1.807) is 12.1 Å². The number of phenolic OH excluding ortho intramolecular Hbond substituents is 1. The van der Waals surface area contributed by atoms with Gasteiger partial charge in [-0.2, -0.15) is 0 Å². The van der Waals surface area contributed by atoms with Gasteiger partial charge < -0.3 is 15.1 Å². The van der Waals surface area contributed by atoms with Gasteiger partial charge in [0.25, 0.3) is 0 Å². The average molecular weight is 281 g/mol. The van der Waals surface area contributed by atoms with Crippen LogP contribution in [0.2, 0.25) is 0 Å². The third-order valence-electron chi connectivity index (χ3n) is 4.07. The van der Waals surface area contributed by atoms with Gasteiger partial charge in [-0.15, -0.1) is 0 Å². The molecule has 0 spiro atoms. The average Bonchev–Trinajstić information content (AvgIpc) is 2.40. The van der Waals surface area contributed by atoms with Crippen molar-refractivity contribution in [3.8, 4) is 5.75 Å². The third kappa shape index (κ3) is 3.10. The highest BCUT2D eigenvalue weighted by Crippen LogP contribution is 2.41. The van der Waals surface area contributed by atoms with Crippen LogP contribution in [0.4, 0.5) is 4.39 Å². The van der Waals surface area contributed by atoms with Crippen LogP contribution in [0, 0.1) is 5.92 Å². The van der Waals surface area contributed by atoms with Crippen LogP contribution < -0.4 is 0 Å². The van der Waals surface area contributed by atoms with E-state index in [-0.39, 0.29) is 18.1 Å². The Kier molecular flexibility index (Phi) is 4.28. The highest BCUT2D eigenvalue weighted by Gasteiger charge is 2.42. The highest BCUT2D eigenvalue weighted by atomic mass is 19.1. The standard InChI is InChI=1S/C15H20FNO3/c1-11-10-17(7-5-14(19)20)8-6-15(11,16)12-3-2-4-13(18)9-12/h2-4,9,11,18H,5-8,10H2,1H3,(H,19,20). The van der Waals surface area contributed by atoms with Crippen LogP contribution in [0.25, 0.3) is 0 Å². The van der Waals surface area contributed by atoms with Crippen molar-refractivity contribution in [3.05, 3.63) is 29.8 Å². The van der Waals surface area contributed by atoms with E-state index in [1.807, 2.05) is 11.8 Å². The number of aliphatic carboxylic acids is 1. The number of halogens is 1. The number of phenols is 1. The fourth-order valence-corrected chi connectivity index (χ4v) is 2.84. The van der Waals surface area contributed by atoms with Gasteiger partial charge in [0.15, 0.2) is 0 Å². The number of alkyl halides is 1. The fourth-order valence-electron chi connectivity index (χ4n) is 2.84. The maximum atomic E-state index is 15.2. The topological polar surface area (TPSA) is 60.8 Å². The van der Waals surface area contributed by atoms with Crippen LogP contribution in [0.5, 0.6) is 5.75 Å². The predicted octanol–water partition coefficient (Wildman–Crippen LogP) is 2.37. The van der Waals surface area contributed by atoms with Gasteiger partial charge in [-0.25, -0.2) is 4.39 Å². The molecule has 0 amide bonds. The molecular weight excluding hydrogens is 261 g/mol. The smallest absolute Gasteiger partial charge is 0.304 e. The monoisotopic (exact) mass is 281 g/mol. The predicted molar refractivity (Wildman–Crippen MR) is 73.4 cm³/mol. The molecule has 2 atom stereocenters. The molecule has 0 saturated carbocycles. The second kappa shape index (κ2) is 5.79. The first-order valence-corrected chi connectivity index (χ1v) is 6.84. The molecule has 0 radical (unpaired) electrons. The second-order valence-corrected chi connectivity index (χ2v) is 5.51. The van der Waals surface area contributed by atoms with Gasteiger partial charge in [0, 0.05) is 25.6 Å². The lowest BCUT2D eigenvalue weighted by Gasteiger charge is -2.41. The number of likely N-dealkylation sites (tertiary alicyclic amines) is 1. The number of aromatic hydroxyl groups is 1. The molecule has 0 aromatic heterocycles. The Balaban J connectivity index is 2.06. The van der Waals surface area contributed by atoms with Gasteiger partial charge in [0.2, 0.25) is 0 Å². The normalized spacial score (nSPS) is 27.4. The number of nitrogens with zero attached hydrogens (tertiary/aromatic N) is 1. The number of benzene rings is 1. The maximum Gasteiger partial charge on any atom is 0.304 e.